The fraction of sp³-hybridized carbons (Fsp3) is 0.462. The highest BCUT2D eigenvalue weighted by Crippen LogP contribution is 2.44. The predicted molar refractivity (Wildman–Crippen MR) is 64.7 cm³/mol. The molecular weight excluding hydrogens is 216 g/mol. The van der Waals surface area contributed by atoms with Crippen LogP contribution in [0.3, 0.4) is 0 Å². The molecule has 1 heterocycles. The summed E-state index contributed by atoms with van der Waals surface area (Å²) in [7, 11) is 1.77. The molecule has 1 fully saturated rings. The van der Waals surface area contributed by atoms with Gasteiger partial charge in [0, 0.05) is 18.3 Å². The number of amides is 1. The lowest BCUT2D eigenvalue weighted by Gasteiger charge is -2.19. The Morgan fingerprint density at radius 3 is 2.82 bits per heavy atom. The average molecular weight is 232 g/mol. The van der Waals surface area contributed by atoms with Gasteiger partial charge in [-0.05, 0) is 30.0 Å². The minimum atomic E-state index is -0.617. The number of likely N-dealkylation sites (N-methyl/N-ethyl adjacent to an activating group) is 1. The molecule has 2 aliphatic rings. The zero-order valence-electron chi connectivity index (χ0n) is 9.81. The molecule has 0 bridgehead atoms. The number of fused-ring (bicyclic) bond motifs is 1. The third kappa shape index (κ3) is 1.56. The molecule has 1 saturated carbocycles. The molecule has 90 valence electrons. The number of hydrogen-bond acceptors (Lipinski definition) is 3. The molecule has 1 aliphatic heterocycles. The van der Waals surface area contributed by atoms with Crippen LogP contribution >= 0.6 is 0 Å². The summed E-state index contributed by atoms with van der Waals surface area (Å²) < 4.78 is 0. The van der Waals surface area contributed by atoms with E-state index in [1.807, 2.05) is 18.2 Å². The Morgan fingerprint density at radius 1 is 1.47 bits per heavy atom. The molecule has 17 heavy (non-hydrogen) atoms. The number of carbonyl (C=O) groups excluding carboxylic acids is 1. The average Bonchev–Trinajstić information content (AvgIpc) is 3.00. The minimum absolute atomic E-state index is 0.0977. The van der Waals surface area contributed by atoms with Gasteiger partial charge in [-0.1, -0.05) is 12.1 Å². The number of anilines is 1. The lowest BCUT2D eigenvalue weighted by atomic mass is 9.98. The van der Waals surface area contributed by atoms with E-state index in [2.05, 4.69) is 0 Å². The van der Waals surface area contributed by atoms with E-state index in [1.165, 1.54) is 0 Å². The second-order valence-electron chi connectivity index (χ2n) is 5.15. The molecule has 1 aliphatic carbocycles. The lowest BCUT2D eigenvalue weighted by molar-refractivity contribution is -0.117. The van der Waals surface area contributed by atoms with Crippen molar-refractivity contribution in [2.45, 2.75) is 30.9 Å². The topological polar surface area (TPSA) is 66.6 Å². The van der Waals surface area contributed by atoms with Crippen molar-refractivity contribution >= 4 is 11.6 Å². The summed E-state index contributed by atoms with van der Waals surface area (Å²) >= 11 is 0. The molecule has 1 amide bonds. The molecule has 1 unspecified atom stereocenters. The summed E-state index contributed by atoms with van der Waals surface area (Å²) in [6.07, 6.45) is 1.53. The van der Waals surface area contributed by atoms with Crippen LogP contribution < -0.4 is 10.6 Å². The Kier molecular flexibility index (Phi) is 2.09. The van der Waals surface area contributed by atoms with Gasteiger partial charge in [-0.25, -0.2) is 0 Å². The van der Waals surface area contributed by atoms with E-state index in [-0.39, 0.29) is 5.91 Å². The molecule has 0 saturated heterocycles. The van der Waals surface area contributed by atoms with Gasteiger partial charge < -0.3 is 15.7 Å². The molecule has 0 spiro atoms. The molecule has 1 atom stereocenters. The van der Waals surface area contributed by atoms with Crippen molar-refractivity contribution in [3.63, 3.8) is 0 Å². The van der Waals surface area contributed by atoms with E-state index in [4.69, 9.17) is 5.73 Å². The lowest BCUT2D eigenvalue weighted by Crippen LogP contribution is -2.30. The third-order valence-corrected chi connectivity index (χ3v) is 3.87. The maximum Gasteiger partial charge on any atom is 0.231 e. The van der Waals surface area contributed by atoms with Crippen molar-refractivity contribution < 1.29 is 9.90 Å². The van der Waals surface area contributed by atoms with Crippen molar-refractivity contribution in [2.75, 3.05) is 11.9 Å². The van der Waals surface area contributed by atoms with E-state index in [1.54, 1.807) is 11.9 Å². The SMILES string of the molecule is CN1C(=O)Cc2cc(C(O)C3(N)CC3)ccc21. The van der Waals surface area contributed by atoms with Gasteiger partial charge in [0.25, 0.3) is 0 Å². The number of nitrogens with two attached hydrogens (primary N) is 1. The molecule has 0 radical (unpaired) electrons. The van der Waals surface area contributed by atoms with Crippen LogP contribution in [0.2, 0.25) is 0 Å². The summed E-state index contributed by atoms with van der Waals surface area (Å²) in [5, 5.41) is 10.2. The van der Waals surface area contributed by atoms with Gasteiger partial charge in [-0.2, -0.15) is 0 Å². The van der Waals surface area contributed by atoms with Crippen molar-refractivity contribution in [1.82, 2.24) is 0 Å². The summed E-state index contributed by atoms with van der Waals surface area (Å²) in [5.74, 6) is 0.0977. The summed E-state index contributed by atoms with van der Waals surface area (Å²) in [6.45, 7) is 0. The molecule has 1 aromatic carbocycles. The molecule has 4 nitrogen and oxygen atoms in total. The third-order valence-electron chi connectivity index (χ3n) is 3.87. The molecule has 3 rings (SSSR count). The minimum Gasteiger partial charge on any atom is -0.386 e. The maximum absolute atomic E-state index is 11.6. The zero-order chi connectivity index (χ0) is 12.2. The number of nitrogens with zero attached hydrogens (tertiary/aromatic N) is 1. The van der Waals surface area contributed by atoms with Crippen LogP contribution in [0.4, 0.5) is 5.69 Å². The standard InChI is InChI=1S/C13H16N2O2/c1-15-10-3-2-8(6-9(10)7-11(15)16)12(17)13(14)4-5-13/h2-3,6,12,17H,4-5,7,14H2,1H3. The van der Waals surface area contributed by atoms with E-state index in [0.29, 0.717) is 6.42 Å². The fourth-order valence-corrected chi connectivity index (χ4v) is 2.41. The van der Waals surface area contributed by atoms with Crippen LogP contribution in [-0.2, 0) is 11.2 Å². The van der Waals surface area contributed by atoms with E-state index >= 15 is 0 Å². The first kappa shape index (κ1) is 10.7. The first-order valence-corrected chi connectivity index (χ1v) is 5.88. The first-order valence-electron chi connectivity index (χ1n) is 5.88. The van der Waals surface area contributed by atoms with Gasteiger partial charge >= 0.3 is 0 Å². The number of carbonyl (C=O) groups is 1. The number of aliphatic hydroxyl groups excluding tert-OH is 1. The van der Waals surface area contributed by atoms with E-state index in [9.17, 15) is 9.90 Å². The largest absolute Gasteiger partial charge is 0.386 e. The smallest absolute Gasteiger partial charge is 0.231 e. The molecule has 4 heteroatoms. The zero-order valence-corrected chi connectivity index (χ0v) is 9.81. The van der Waals surface area contributed by atoms with Crippen LogP contribution in [0.25, 0.3) is 0 Å². The number of benzene rings is 1. The van der Waals surface area contributed by atoms with Gasteiger partial charge in [-0.15, -0.1) is 0 Å². The Labute approximate surface area is 100 Å². The van der Waals surface area contributed by atoms with E-state index in [0.717, 1.165) is 29.7 Å². The normalized spacial score (nSPS) is 22.5. The van der Waals surface area contributed by atoms with Gasteiger partial charge in [-0.3, -0.25) is 4.79 Å². The predicted octanol–water partition coefficient (Wildman–Crippen LogP) is 0.730. The molecule has 0 aromatic heterocycles. The van der Waals surface area contributed by atoms with Gasteiger partial charge in [0.2, 0.25) is 5.91 Å². The highest BCUT2D eigenvalue weighted by atomic mass is 16.3. The van der Waals surface area contributed by atoms with Gasteiger partial charge in [0.1, 0.15) is 0 Å². The van der Waals surface area contributed by atoms with Gasteiger partial charge in [0.05, 0.1) is 12.5 Å². The second kappa shape index (κ2) is 3.31. The number of rotatable bonds is 2. The highest BCUT2D eigenvalue weighted by Gasteiger charge is 2.46. The quantitative estimate of drug-likeness (QED) is 0.790. The maximum atomic E-state index is 11.6. The fourth-order valence-electron chi connectivity index (χ4n) is 2.41. The summed E-state index contributed by atoms with van der Waals surface area (Å²) in [6, 6.07) is 5.67. The van der Waals surface area contributed by atoms with Gasteiger partial charge in [0.15, 0.2) is 0 Å². The Bertz CT molecular complexity index is 494. The first-order chi connectivity index (χ1) is 8.01. The highest BCUT2D eigenvalue weighted by molar-refractivity contribution is 6.00. The molecule has 3 N–H and O–H groups in total. The van der Waals surface area contributed by atoms with Crippen molar-refractivity contribution in [3.8, 4) is 0 Å². The molecular formula is C13H16N2O2. The number of aliphatic hydroxyl groups is 1. The summed E-state index contributed by atoms with van der Waals surface area (Å²) in [4.78, 5) is 13.2. The molecule has 1 aromatic rings. The van der Waals surface area contributed by atoms with Crippen LogP contribution in [0.5, 0.6) is 0 Å². The Hall–Kier alpha value is -1.39. The number of hydrogen-bond donors (Lipinski definition) is 2. The second-order valence-corrected chi connectivity index (χ2v) is 5.15. The monoisotopic (exact) mass is 232 g/mol. The Balaban J connectivity index is 1.95. The van der Waals surface area contributed by atoms with Crippen molar-refractivity contribution in [3.05, 3.63) is 29.3 Å². The van der Waals surface area contributed by atoms with Crippen LogP contribution in [-0.4, -0.2) is 23.6 Å². The van der Waals surface area contributed by atoms with Crippen LogP contribution in [0, 0.1) is 0 Å². The Morgan fingerprint density at radius 2 is 2.18 bits per heavy atom. The van der Waals surface area contributed by atoms with E-state index < -0.39 is 11.6 Å². The van der Waals surface area contributed by atoms with Crippen LogP contribution in [0.1, 0.15) is 30.1 Å². The summed E-state index contributed by atoms with van der Waals surface area (Å²) in [5.41, 5.74) is 8.30. The van der Waals surface area contributed by atoms with Crippen molar-refractivity contribution in [2.24, 2.45) is 5.73 Å². The van der Waals surface area contributed by atoms with Crippen molar-refractivity contribution in [1.29, 1.82) is 0 Å². The van der Waals surface area contributed by atoms with Crippen LogP contribution in [0.15, 0.2) is 18.2 Å².